The lowest BCUT2D eigenvalue weighted by Crippen LogP contribution is -2.46. The molecule has 6 rings (SSSR count). The number of aromatic nitrogens is 3. The van der Waals surface area contributed by atoms with E-state index in [0.717, 1.165) is 35.6 Å². The molecule has 3 atom stereocenters. The van der Waals surface area contributed by atoms with Gasteiger partial charge >= 0.3 is 0 Å². The van der Waals surface area contributed by atoms with Crippen molar-refractivity contribution in [1.29, 1.82) is 0 Å². The van der Waals surface area contributed by atoms with Gasteiger partial charge in [0.2, 0.25) is 5.95 Å². The third-order valence-electron chi connectivity index (χ3n) is 6.84. The van der Waals surface area contributed by atoms with E-state index in [1.54, 1.807) is 0 Å². The third-order valence-corrected chi connectivity index (χ3v) is 6.84. The molecule has 180 valence electrons. The Hall–Kier alpha value is -3.50. The van der Waals surface area contributed by atoms with Crippen molar-refractivity contribution < 1.29 is 14.3 Å². The second-order valence-electron chi connectivity index (χ2n) is 9.22. The molecule has 10 heteroatoms. The van der Waals surface area contributed by atoms with Crippen molar-refractivity contribution >= 4 is 46.3 Å². The molecule has 10 nitrogen and oxygen atoms in total. The number of fused-ring (bicyclic) bond motifs is 2. The molecule has 1 unspecified atom stereocenters. The van der Waals surface area contributed by atoms with E-state index in [1.165, 1.54) is 6.34 Å². The van der Waals surface area contributed by atoms with Gasteiger partial charge in [-0.25, -0.2) is 15.0 Å². The van der Waals surface area contributed by atoms with Gasteiger partial charge in [-0.15, -0.1) is 0 Å². The van der Waals surface area contributed by atoms with Crippen LogP contribution in [0.5, 0.6) is 0 Å². The standard InChI is InChI=1S/C25H27N7O3/c1-15-12-34-9-7-31(15)23-19-5-6-20(17-3-4-18-21(11-17)26-14-27-24(18)33)28-22(19)29-25(30-23)32-8-10-35-13-16(32)2/h3-6,11,14-16,18H,7-10,12-13H2,1-2H3/t15-,16-,18?/m0/s1. The number of anilines is 2. The SMILES string of the molecule is C[C@H]1COCCN1c1nc(N2CCOC[C@@H]2C)c2ccc(C3=CC4=NC=NC(=O)C4C=C3)nc2n1. The summed E-state index contributed by atoms with van der Waals surface area (Å²) in [6.45, 7) is 8.36. The van der Waals surface area contributed by atoms with Crippen molar-refractivity contribution in [2.75, 3.05) is 49.3 Å². The van der Waals surface area contributed by atoms with Crippen LogP contribution in [-0.4, -0.2) is 84.5 Å². The number of carbonyl (C=O) groups is 1. The van der Waals surface area contributed by atoms with Gasteiger partial charge in [0.05, 0.1) is 55.3 Å². The Labute approximate surface area is 203 Å². The molecular formula is C25H27N7O3. The number of nitrogens with zero attached hydrogens (tertiary/aromatic N) is 7. The second kappa shape index (κ2) is 8.94. The smallest absolute Gasteiger partial charge is 0.260 e. The first-order valence-corrected chi connectivity index (χ1v) is 12.0. The number of pyridine rings is 1. The average molecular weight is 474 g/mol. The molecule has 0 bridgehead atoms. The summed E-state index contributed by atoms with van der Waals surface area (Å²) in [6.07, 6.45) is 6.96. The number of ether oxygens (including phenoxy) is 2. The highest BCUT2D eigenvalue weighted by atomic mass is 16.5. The van der Waals surface area contributed by atoms with E-state index in [9.17, 15) is 4.79 Å². The maximum atomic E-state index is 12.1. The first-order valence-electron chi connectivity index (χ1n) is 12.0. The highest BCUT2D eigenvalue weighted by Gasteiger charge is 2.29. The molecule has 0 N–H and O–H groups in total. The van der Waals surface area contributed by atoms with Gasteiger partial charge in [0.15, 0.2) is 5.65 Å². The lowest BCUT2D eigenvalue weighted by molar-refractivity contribution is -0.118. The van der Waals surface area contributed by atoms with Crippen LogP contribution in [0.3, 0.4) is 0 Å². The predicted molar refractivity (Wildman–Crippen MR) is 134 cm³/mol. The first-order chi connectivity index (χ1) is 17.1. The van der Waals surface area contributed by atoms with Crippen molar-refractivity contribution in [3.63, 3.8) is 0 Å². The van der Waals surface area contributed by atoms with Crippen LogP contribution in [-0.2, 0) is 14.3 Å². The monoisotopic (exact) mass is 473 g/mol. The summed E-state index contributed by atoms with van der Waals surface area (Å²) in [7, 11) is 0. The van der Waals surface area contributed by atoms with E-state index in [1.807, 2.05) is 30.4 Å². The Morgan fingerprint density at radius 1 is 0.971 bits per heavy atom. The highest BCUT2D eigenvalue weighted by Crippen LogP contribution is 2.31. The molecule has 0 radical (unpaired) electrons. The van der Waals surface area contributed by atoms with Crippen LogP contribution in [0.25, 0.3) is 16.6 Å². The second-order valence-corrected chi connectivity index (χ2v) is 9.22. The van der Waals surface area contributed by atoms with Crippen LogP contribution in [0.2, 0.25) is 0 Å². The Kier molecular flexibility index (Phi) is 5.62. The van der Waals surface area contributed by atoms with E-state index in [4.69, 9.17) is 24.4 Å². The largest absolute Gasteiger partial charge is 0.377 e. The van der Waals surface area contributed by atoms with E-state index < -0.39 is 5.92 Å². The van der Waals surface area contributed by atoms with Crippen molar-refractivity contribution in [3.05, 3.63) is 36.1 Å². The normalized spacial score (nSPS) is 26.6. The fourth-order valence-corrected chi connectivity index (χ4v) is 4.87. The van der Waals surface area contributed by atoms with Crippen LogP contribution in [0.1, 0.15) is 19.5 Å². The highest BCUT2D eigenvalue weighted by molar-refractivity contribution is 6.21. The summed E-state index contributed by atoms with van der Waals surface area (Å²) in [5, 5.41) is 0.905. The van der Waals surface area contributed by atoms with Gasteiger partial charge in [0.25, 0.3) is 5.91 Å². The number of morpholine rings is 2. The van der Waals surface area contributed by atoms with E-state index in [-0.39, 0.29) is 18.0 Å². The maximum absolute atomic E-state index is 12.1. The minimum atomic E-state index is -0.421. The number of carbonyl (C=O) groups excluding carboxylic acids is 1. The van der Waals surface area contributed by atoms with Crippen LogP contribution in [0.15, 0.2) is 40.3 Å². The fraction of sp³-hybridized carbons (Fsp3) is 0.440. The third kappa shape index (κ3) is 4.02. The van der Waals surface area contributed by atoms with Crippen LogP contribution in [0.4, 0.5) is 11.8 Å². The molecule has 1 aliphatic carbocycles. The summed E-state index contributed by atoms with van der Waals surface area (Å²) in [5.74, 6) is 0.924. The van der Waals surface area contributed by atoms with Gasteiger partial charge in [-0.3, -0.25) is 4.79 Å². The molecule has 0 saturated carbocycles. The molecule has 2 fully saturated rings. The van der Waals surface area contributed by atoms with Crippen LogP contribution < -0.4 is 9.80 Å². The molecular weight excluding hydrogens is 446 g/mol. The predicted octanol–water partition coefficient (Wildman–Crippen LogP) is 2.05. The number of allylic oxidation sites excluding steroid dienone is 3. The topological polar surface area (TPSA) is 105 Å². The summed E-state index contributed by atoms with van der Waals surface area (Å²) >= 11 is 0. The number of amides is 1. The Morgan fingerprint density at radius 2 is 1.74 bits per heavy atom. The van der Waals surface area contributed by atoms with Crippen LogP contribution >= 0.6 is 0 Å². The Morgan fingerprint density at radius 3 is 2.51 bits per heavy atom. The van der Waals surface area contributed by atoms with Crippen molar-refractivity contribution in [2.45, 2.75) is 25.9 Å². The number of hydrogen-bond donors (Lipinski definition) is 0. The molecule has 5 heterocycles. The van der Waals surface area contributed by atoms with Gasteiger partial charge < -0.3 is 19.3 Å². The zero-order valence-electron chi connectivity index (χ0n) is 19.8. The lowest BCUT2D eigenvalue weighted by Gasteiger charge is -2.37. The zero-order valence-corrected chi connectivity index (χ0v) is 19.8. The molecule has 2 aromatic rings. The van der Waals surface area contributed by atoms with Gasteiger partial charge in [0.1, 0.15) is 18.1 Å². The molecule has 4 aliphatic rings. The lowest BCUT2D eigenvalue weighted by atomic mass is 9.92. The summed E-state index contributed by atoms with van der Waals surface area (Å²) < 4.78 is 11.3. The quantitative estimate of drug-likeness (QED) is 0.667. The van der Waals surface area contributed by atoms with Gasteiger partial charge in [0, 0.05) is 18.7 Å². The van der Waals surface area contributed by atoms with E-state index >= 15 is 0 Å². The van der Waals surface area contributed by atoms with Crippen molar-refractivity contribution in [2.24, 2.45) is 15.9 Å². The summed E-state index contributed by atoms with van der Waals surface area (Å²) in [5.41, 5.74) is 2.97. The minimum Gasteiger partial charge on any atom is -0.377 e. The number of aliphatic imine (C=N–C) groups is 2. The van der Waals surface area contributed by atoms with Gasteiger partial charge in [-0.05, 0) is 32.1 Å². The Bertz CT molecular complexity index is 1300. The van der Waals surface area contributed by atoms with E-state index in [2.05, 4.69) is 33.6 Å². The van der Waals surface area contributed by atoms with Crippen molar-refractivity contribution in [3.8, 4) is 0 Å². The molecule has 0 aromatic carbocycles. The molecule has 3 aliphatic heterocycles. The van der Waals surface area contributed by atoms with Gasteiger partial charge in [-0.2, -0.15) is 9.97 Å². The Balaban J connectivity index is 1.45. The molecule has 35 heavy (non-hydrogen) atoms. The zero-order chi connectivity index (χ0) is 23.9. The molecule has 2 saturated heterocycles. The van der Waals surface area contributed by atoms with Crippen LogP contribution in [0, 0.1) is 5.92 Å². The minimum absolute atomic E-state index is 0.170. The average Bonchev–Trinajstić information content (AvgIpc) is 2.88. The summed E-state index contributed by atoms with van der Waals surface area (Å²) in [4.78, 5) is 39.5. The summed E-state index contributed by atoms with van der Waals surface area (Å²) in [6, 6.07) is 4.38. The fourth-order valence-electron chi connectivity index (χ4n) is 4.87. The number of hydrogen-bond acceptors (Lipinski definition) is 9. The van der Waals surface area contributed by atoms with E-state index in [0.29, 0.717) is 43.7 Å². The van der Waals surface area contributed by atoms with Crippen molar-refractivity contribution in [1.82, 2.24) is 15.0 Å². The molecule has 2 aromatic heterocycles. The van der Waals surface area contributed by atoms with Gasteiger partial charge in [-0.1, -0.05) is 12.2 Å². The first kappa shape index (κ1) is 22.0. The maximum Gasteiger partial charge on any atom is 0.260 e. The number of rotatable bonds is 3. The molecule has 1 amide bonds. The molecule has 0 spiro atoms.